The lowest BCUT2D eigenvalue weighted by Gasteiger charge is -2.12. The predicted octanol–water partition coefficient (Wildman–Crippen LogP) is 3.62. The van der Waals surface area contributed by atoms with Crippen molar-refractivity contribution in [3.8, 4) is 11.4 Å². The molecule has 0 unspecified atom stereocenters. The highest BCUT2D eigenvalue weighted by atomic mass is 19.4. The maximum atomic E-state index is 13.0. The van der Waals surface area contributed by atoms with Crippen molar-refractivity contribution < 1.29 is 17.7 Å². The summed E-state index contributed by atoms with van der Waals surface area (Å²) < 4.78 is 46.8. The summed E-state index contributed by atoms with van der Waals surface area (Å²) in [7, 11) is 0. The van der Waals surface area contributed by atoms with E-state index in [0.29, 0.717) is 10.9 Å². The van der Waals surface area contributed by atoms with Gasteiger partial charge in [-0.25, -0.2) is 4.79 Å². The van der Waals surface area contributed by atoms with Gasteiger partial charge in [-0.2, -0.15) is 18.2 Å². The molecule has 5 rings (SSSR count). The summed E-state index contributed by atoms with van der Waals surface area (Å²) in [6, 6.07) is 11.2. The molecule has 0 N–H and O–H groups in total. The van der Waals surface area contributed by atoms with E-state index in [-0.39, 0.29) is 35.4 Å². The molecule has 31 heavy (non-hydrogen) atoms. The fourth-order valence-electron chi connectivity index (χ4n) is 3.55. The van der Waals surface area contributed by atoms with Crippen LogP contribution in [0.15, 0.2) is 62.6 Å². The van der Waals surface area contributed by atoms with Crippen LogP contribution < -0.4 is 11.2 Å². The summed E-state index contributed by atoms with van der Waals surface area (Å²) in [6.45, 7) is -0.113. The van der Waals surface area contributed by atoms with E-state index in [0.717, 1.165) is 25.0 Å². The first-order chi connectivity index (χ1) is 14.8. The van der Waals surface area contributed by atoms with Gasteiger partial charge in [0.2, 0.25) is 11.7 Å². The molecule has 1 aliphatic rings. The van der Waals surface area contributed by atoms with Gasteiger partial charge >= 0.3 is 11.9 Å². The largest absolute Gasteiger partial charge is 0.416 e. The SMILES string of the molecule is O=c1c2ccccc2n(Cc2nc(-c3cccc(C(F)(F)F)c3)no2)c(=O)n1C1CC1. The lowest BCUT2D eigenvalue weighted by Crippen LogP contribution is -2.39. The van der Waals surface area contributed by atoms with Crippen LogP contribution in [0.5, 0.6) is 0 Å². The smallest absolute Gasteiger partial charge is 0.337 e. The van der Waals surface area contributed by atoms with E-state index in [4.69, 9.17) is 4.52 Å². The predicted molar refractivity (Wildman–Crippen MR) is 105 cm³/mol. The Labute approximate surface area is 172 Å². The summed E-state index contributed by atoms with van der Waals surface area (Å²) >= 11 is 0. The fraction of sp³-hybridized carbons (Fsp3) is 0.238. The number of hydrogen-bond acceptors (Lipinski definition) is 5. The molecule has 2 aromatic heterocycles. The van der Waals surface area contributed by atoms with Crippen molar-refractivity contribution in [2.45, 2.75) is 31.6 Å². The Morgan fingerprint density at radius 1 is 1.06 bits per heavy atom. The number of para-hydroxylation sites is 1. The number of fused-ring (bicyclic) bond motifs is 1. The van der Waals surface area contributed by atoms with Crippen molar-refractivity contribution in [2.24, 2.45) is 0 Å². The topological polar surface area (TPSA) is 82.9 Å². The molecule has 0 amide bonds. The number of hydrogen-bond donors (Lipinski definition) is 0. The zero-order chi connectivity index (χ0) is 21.8. The van der Waals surface area contributed by atoms with Gasteiger partial charge < -0.3 is 4.52 Å². The molecular formula is C21H15F3N4O3. The second-order valence-corrected chi connectivity index (χ2v) is 7.38. The maximum Gasteiger partial charge on any atom is 0.416 e. The van der Waals surface area contributed by atoms with Gasteiger partial charge in [-0.15, -0.1) is 0 Å². The normalized spacial score (nSPS) is 14.3. The van der Waals surface area contributed by atoms with Crippen LogP contribution in [-0.4, -0.2) is 19.3 Å². The monoisotopic (exact) mass is 428 g/mol. The number of benzene rings is 2. The first-order valence-electron chi connectivity index (χ1n) is 9.57. The Kier molecular flexibility index (Phi) is 4.31. The van der Waals surface area contributed by atoms with Crippen LogP contribution in [0.25, 0.3) is 22.3 Å². The van der Waals surface area contributed by atoms with Gasteiger partial charge in [0.15, 0.2) is 0 Å². The first kappa shape index (κ1) is 19.3. The molecule has 1 fully saturated rings. The van der Waals surface area contributed by atoms with Crippen LogP contribution >= 0.6 is 0 Å². The third-order valence-corrected chi connectivity index (χ3v) is 5.20. The minimum absolute atomic E-state index is 0.0195. The molecule has 0 spiro atoms. The van der Waals surface area contributed by atoms with Gasteiger partial charge in [0.25, 0.3) is 5.56 Å². The summed E-state index contributed by atoms with van der Waals surface area (Å²) in [5.41, 5.74) is -1.08. The summed E-state index contributed by atoms with van der Waals surface area (Å²) in [4.78, 5) is 29.9. The molecular weight excluding hydrogens is 413 g/mol. The van der Waals surface area contributed by atoms with Crippen LogP contribution in [0.2, 0.25) is 0 Å². The Balaban J connectivity index is 1.56. The molecule has 0 radical (unpaired) electrons. The van der Waals surface area contributed by atoms with Crippen molar-refractivity contribution in [2.75, 3.05) is 0 Å². The van der Waals surface area contributed by atoms with Crippen molar-refractivity contribution in [3.63, 3.8) is 0 Å². The molecule has 0 atom stereocenters. The summed E-state index contributed by atoms with van der Waals surface area (Å²) in [6.07, 6.45) is -2.98. The summed E-state index contributed by atoms with van der Waals surface area (Å²) in [5, 5.41) is 4.16. The van der Waals surface area contributed by atoms with Crippen LogP contribution in [0.3, 0.4) is 0 Å². The zero-order valence-electron chi connectivity index (χ0n) is 16.0. The van der Waals surface area contributed by atoms with E-state index in [9.17, 15) is 22.8 Å². The molecule has 0 saturated heterocycles. The van der Waals surface area contributed by atoms with Crippen LogP contribution in [0, 0.1) is 0 Å². The van der Waals surface area contributed by atoms with Crippen LogP contribution in [-0.2, 0) is 12.7 Å². The highest BCUT2D eigenvalue weighted by molar-refractivity contribution is 5.78. The number of halogens is 3. The molecule has 2 heterocycles. The Morgan fingerprint density at radius 3 is 2.58 bits per heavy atom. The Bertz CT molecular complexity index is 1410. The van der Waals surface area contributed by atoms with E-state index in [1.807, 2.05) is 0 Å². The van der Waals surface area contributed by atoms with Crippen molar-refractivity contribution in [1.29, 1.82) is 0 Å². The quantitative estimate of drug-likeness (QED) is 0.496. The maximum absolute atomic E-state index is 13.0. The van der Waals surface area contributed by atoms with E-state index < -0.39 is 17.4 Å². The third kappa shape index (κ3) is 3.43. The van der Waals surface area contributed by atoms with Gasteiger partial charge in [0.1, 0.15) is 6.54 Å². The highest BCUT2D eigenvalue weighted by Gasteiger charge is 2.31. The molecule has 158 valence electrons. The first-order valence-corrected chi connectivity index (χ1v) is 9.57. The van der Waals surface area contributed by atoms with Gasteiger partial charge in [-0.05, 0) is 37.1 Å². The number of rotatable bonds is 4. The number of nitrogens with zero attached hydrogens (tertiary/aromatic N) is 4. The zero-order valence-corrected chi connectivity index (χ0v) is 16.0. The lowest BCUT2D eigenvalue weighted by molar-refractivity contribution is -0.137. The Morgan fingerprint density at radius 2 is 1.84 bits per heavy atom. The fourth-order valence-corrected chi connectivity index (χ4v) is 3.55. The van der Waals surface area contributed by atoms with Gasteiger partial charge in [-0.1, -0.05) is 29.4 Å². The average Bonchev–Trinajstić information content (AvgIpc) is 3.47. The number of aromatic nitrogens is 4. The molecule has 4 aromatic rings. The second-order valence-electron chi connectivity index (χ2n) is 7.38. The van der Waals surface area contributed by atoms with Gasteiger partial charge in [-0.3, -0.25) is 13.9 Å². The van der Waals surface area contributed by atoms with E-state index in [2.05, 4.69) is 10.1 Å². The van der Waals surface area contributed by atoms with Crippen LogP contribution in [0.4, 0.5) is 13.2 Å². The van der Waals surface area contributed by atoms with Crippen LogP contribution in [0.1, 0.15) is 30.3 Å². The summed E-state index contributed by atoms with van der Waals surface area (Å²) in [5.74, 6) is 0.0228. The van der Waals surface area contributed by atoms with E-state index in [1.54, 1.807) is 24.3 Å². The molecule has 0 bridgehead atoms. The molecule has 7 nitrogen and oxygen atoms in total. The third-order valence-electron chi connectivity index (χ3n) is 5.20. The Hall–Kier alpha value is -3.69. The minimum atomic E-state index is -4.49. The van der Waals surface area contributed by atoms with Gasteiger partial charge in [0.05, 0.1) is 16.5 Å². The molecule has 1 aliphatic carbocycles. The van der Waals surface area contributed by atoms with Crippen molar-refractivity contribution >= 4 is 10.9 Å². The van der Waals surface area contributed by atoms with Gasteiger partial charge in [0, 0.05) is 11.6 Å². The van der Waals surface area contributed by atoms with Crippen molar-refractivity contribution in [1.82, 2.24) is 19.3 Å². The second kappa shape index (κ2) is 6.93. The molecule has 10 heteroatoms. The number of alkyl halides is 3. The average molecular weight is 428 g/mol. The molecule has 0 aliphatic heterocycles. The van der Waals surface area contributed by atoms with E-state index in [1.165, 1.54) is 21.3 Å². The molecule has 2 aromatic carbocycles. The minimum Gasteiger partial charge on any atom is -0.337 e. The van der Waals surface area contributed by atoms with E-state index >= 15 is 0 Å². The standard InChI is InChI=1S/C21H15F3N4O3/c22-21(23,24)13-5-3-4-12(10-13)18-25-17(31-26-18)11-27-16-7-2-1-6-15(16)19(29)28(20(27)30)14-8-9-14/h1-7,10,14H,8-9,11H2. The lowest BCUT2D eigenvalue weighted by atomic mass is 10.1. The highest BCUT2D eigenvalue weighted by Crippen LogP contribution is 2.33. The molecule has 1 saturated carbocycles. The van der Waals surface area contributed by atoms with Crippen molar-refractivity contribution in [3.05, 3.63) is 80.8 Å².